The van der Waals surface area contributed by atoms with Crippen molar-refractivity contribution < 1.29 is 28.7 Å². The first-order chi connectivity index (χ1) is 17.7. The second kappa shape index (κ2) is 10.7. The third-order valence-electron chi connectivity index (χ3n) is 6.34. The van der Waals surface area contributed by atoms with Crippen LogP contribution < -0.4 is 15.4 Å². The number of carbonyl (C=O) groups is 4. The van der Waals surface area contributed by atoms with E-state index in [2.05, 4.69) is 10.6 Å². The molecule has 1 heterocycles. The number of esters is 1. The predicted octanol–water partition coefficient (Wildman–Crippen LogP) is 4.21. The van der Waals surface area contributed by atoms with E-state index in [9.17, 15) is 19.2 Å². The molecule has 9 nitrogen and oxygen atoms in total. The summed E-state index contributed by atoms with van der Waals surface area (Å²) in [7, 11) is 1.59. The van der Waals surface area contributed by atoms with Crippen molar-refractivity contribution in [2.24, 2.45) is 0 Å². The number of carbonyl (C=O) groups excluding carboxylic acids is 4. The largest absolute Gasteiger partial charge is 0.497 e. The number of urea groups is 1. The van der Waals surface area contributed by atoms with Crippen molar-refractivity contribution in [3.63, 3.8) is 0 Å². The van der Waals surface area contributed by atoms with Gasteiger partial charge in [0.1, 0.15) is 17.8 Å². The first kappa shape index (κ1) is 25.7. The van der Waals surface area contributed by atoms with Crippen molar-refractivity contribution in [1.82, 2.24) is 10.2 Å². The molecule has 0 radical (unpaired) electrons. The zero-order chi connectivity index (χ0) is 26.6. The van der Waals surface area contributed by atoms with Gasteiger partial charge in [0.25, 0.3) is 5.91 Å². The molecule has 3 aromatic rings. The fraction of sp³-hybridized carbons (Fsp3) is 0.286. The number of fused-ring (bicyclic) bond motifs is 1. The Hall–Kier alpha value is -4.40. The zero-order valence-corrected chi connectivity index (χ0v) is 21.0. The highest BCUT2D eigenvalue weighted by Crippen LogP contribution is 2.32. The number of imide groups is 1. The summed E-state index contributed by atoms with van der Waals surface area (Å²) >= 11 is 0. The van der Waals surface area contributed by atoms with Gasteiger partial charge in [-0.1, -0.05) is 31.5 Å². The number of hydrogen-bond donors (Lipinski definition) is 2. The Kier molecular flexibility index (Phi) is 7.42. The van der Waals surface area contributed by atoms with Gasteiger partial charge in [-0.25, -0.2) is 9.59 Å². The van der Waals surface area contributed by atoms with Gasteiger partial charge in [0.15, 0.2) is 0 Å². The van der Waals surface area contributed by atoms with Crippen LogP contribution in [0.2, 0.25) is 0 Å². The zero-order valence-electron chi connectivity index (χ0n) is 21.0. The quantitative estimate of drug-likeness (QED) is 0.257. The molecule has 9 heteroatoms. The van der Waals surface area contributed by atoms with E-state index in [4.69, 9.17) is 9.47 Å². The van der Waals surface area contributed by atoms with E-state index in [1.807, 2.05) is 37.3 Å². The molecule has 1 aliphatic heterocycles. The van der Waals surface area contributed by atoms with Crippen LogP contribution in [0.25, 0.3) is 10.8 Å². The Labute approximate surface area is 214 Å². The number of unbranched alkanes of at least 4 members (excludes halogenated alkanes) is 1. The SMILES string of the molecule is CCCCOC(=O)c1ccc(NC(=O)CN2C(=O)N[C@](C)(c3ccc4cc(OC)ccc4c3)C2=O)cc1. The van der Waals surface area contributed by atoms with E-state index in [0.29, 0.717) is 23.4 Å². The Bertz CT molecular complexity index is 1350. The molecule has 0 spiro atoms. The van der Waals surface area contributed by atoms with Gasteiger partial charge in [-0.15, -0.1) is 0 Å². The van der Waals surface area contributed by atoms with Crippen molar-refractivity contribution in [3.05, 3.63) is 71.8 Å². The summed E-state index contributed by atoms with van der Waals surface area (Å²) in [5.74, 6) is -0.782. The molecule has 4 rings (SSSR count). The number of amides is 4. The van der Waals surface area contributed by atoms with Crippen molar-refractivity contribution in [2.45, 2.75) is 32.2 Å². The minimum Gasteiger partial charge on any atom is -0.497 e. The fourth-order valence-electron chi connectivity index (χ4n) is 4.12. The van der Waals surface area contributed by atoms with E-state index in [1.165, 1.54) is 0 Å². The van der Waals surface area contributed by atoms with Gasteiger partial charge in [-0.2, -0.15) is 0 Å². The molecule has 1 fully saturated rings. The predicted molar refractivity (Wildman–Crippen MR) is 138 cm³/mol. The molecule has 1 atom stereocenters. The summed E-state index contributed by atoms with van der Waals surface area (Å²) in [6, 6.07) is 16.6. The minimum atomic E-state index is -1.31. The smallest absolute Gasteiger partial charge is 0.338 e. The molecule has 1 aliphatic rings. The second-order valence-corrected chi connectivity index (χ2v) is 8.99. The number of hydrogen-bond acceptors (Lipinski definition) is 6. The van der Waals surface area contributed by atoms with Gasteiger partial charge in [0, 0.05) is 5.69 Å². The van der Waals surface area contributed by atoms with Crippen LogP contribution in [-0.2, 0) is 19.9 Å². The second-order valence-electron chi connectivity index (χ2n) is 8.99. The van der Waals surface area contributed by atoms with Crippen molar-refractivity contribution in [1.29, 1.82) is 0 Å². The molecule has 1 saturated heterocycles. The Morgan fingerprint density at radius 3 is 2.41 bits per heavy atom. The van der Waals surface area contributed by atoms with E-state index in [-0.39, 0.29) is 0 Å². The highest BCUT2D eigenvalue weighted by atomic mass is 16.5. The maximum Gasteiger partial charge on any atom is 0.338 e. The van der Waals surface area contributed by atoms with E-state index in [1.54, 1.807) is 44.4 Å². The minimum absolute atomic E-state index is 0.354. The molecule has 0 unspecified atom stereocenters. The number of anilines is 1. The highest BCUT2D eigenvalue weighted by molar-refractivity contribution is 6.10. The number of nitrogens with zero attached hydrogens (tertiary/aromatic N) is 1. The standard InChI is InChI=1S/C28H29N3O6/c1-4-5-14-37-25(33)18-7-11-22(12-8-18)29-24(32)17-31-26(34)28(2,30-27(31)35)21-10-6-20-16-23(36-3)13-9-19(20)15-21/h6-13,15-16H,4-5,14,17H2,1-3H3,(H,29,32)(H,30,35)/t28-/m1/s1. The monoisotopic (exact) mass is 503 g/mol. The lowest BCUT2D eigenvalue weighted by atomic mass is 9.90. The van der Waals surface area contributed by atoms with Crippen LogP contribution in [0.5, 0.6) is 5.75 Å². The summed E-state index contributed by atoms with van der Waals surface area (Å²) in [5.41, 5.74) is 0.0844. The molecule has 4 amide bonds. The van der Waals surface area contributed by atoms with Crippen LogP contribution in [0.3, 0.4) is 0 Å². The third kappa shape index (κ3) is 5.40. The fourth-order valence-corrected chi connectivity index (χ4v) is 4.12. The van der Waals surface area contributed by atoms with Crippen molar-refractivity contribution in [3.8, 4) is 5.75 Å². The average Bonchev–Trinajstić information content (AvgIpc) is 3.12. The molecule has 0 bridgehead atoms. The Morgan fingerprint density at radius 1 is 1.00 bits per heavy atom. The first-order valence-electron chi connectivity index (χ1n) is 12.0. The van der Waals surface area contributed by atoms with Crippen molar-refractivity contribution in [2.75, 3.05) is 25.6 Å². The lowest BCUT2D eigenvalue weighted by molar-refractivity contribution is -0.133. The molecule has 3 aromatic carbocycles. The number of methoxy groups -OCH3 is 1. The van der Waals surface area contributed by atoms with E-state index in [0.717, 1.165) is 34.3 Å². The molecule has 0 saturated carbocycles. The maximum atomic E-state index is 13.3. The molecular formula is C28H29N3O6. The van der Waals surface area contributed by atoms with Crippen LogP contribution in [-0.4, -0.2) is 49.0 Å². The van der Waals surface area contributed by atoms with Gasteiger partial charge in [0.2, 0.25) is 5.91 Å². The van der Waals surface area contributed by atoms with Crippen LogP contribution in [0.4, 0.5) is 10.5 Å². The van der Waals surface area contributed by atoms with Crippen LogP contribution >= 0.6 is 0 Å². The summed E-state index contributed by atoms with van der Waals surface area (Å²) < 4.78 is 10.4. The lowest BCUT2D eigenvalue weighted by Crippen LogP contribution is -2.42. The van der Waals surface area contributed by atoms with Gasteiger partial charge < -0.3 is 20.1 Å². The number of benzene rings is 3. The average molecular weight is 504 g/mol. The summed E-state index contributed by atoms with van der Waals surface area (Å²) in [4.78, 5) is 51.5. The van der Waals surface area contributed by atoms with Crippen molar-refractivity contribution >= 4 is 40.3 Å². The van der Waals surface area contributed by atoms with Gasteiger partial charge in [-0.05, 0) is 72.1 Å². The number of nitrogens with one attached hydrogen (secondary N) is 2. The number of rotatable bonds is 9. The topological polar surface area (TPSA) is 114 Å². The normalized spacial score (nSPS) is 17.0. The Morgan fingerprint density at radius 2 is 1.70 bits per heavy atom. The van der Waals surface area contributed by atoms with Gasteiger partial charge in [0.05, 0.1) is 19.3 Å². The van der Waals surface area contributed by atoms with Crippen LogP contribution in [0.15, 0.2) is 60.7 Å². The molecule has 192 valence electrons. The van der Waals surface area contributed by atoms with Gasteiger partial charge >= 0.3 is 12.0 Å². The van der Waals surface area contributed by atoms with E-state index >= 15 is 0 Å². The summed E-state index contributed by atoms with van der Waals surface area (Å²) in [6.07, 6.45) is 1.71. The molecule has 0 aromatic heterocycles. The van der Waals surface area contributed by atoms with Gasteiger partial charge in [-0.3, -0.25) is 14.5 Å². The Balaban J connectivity index is 1.42. The third-order valence-corrected chi connectivity index (χ3v) is 6.34. The maximum absolute atomic E-state index is 13.3. The molecular weight excluding hydrogens is 474 g/mol. The summed E-state index contributed by atoms with van der Waals surface area (Å²) in [5, 5.41) is 7.19. The highest BCUT2D eigenvalue weighted by Gasteiger charge is 2.49. The van der Waals surface area contributed by atoms with Crippen LogP contribution in [0, 0.1) is 0 Å². The first-order valence-corrected chi connectivity index (χ1v) is 12.0. The lowest BCUT2D eigenvalue weighted by Gasteiger charge is -2.22. The molecule has 0 aliphatic carbocycles. The molecule has 37 heavy (non-hydrogen) atoms. The molecule has 2 N–H and O–H groups in total. The number of ether oxygens (including phenoxy) is 2. The van der Waals surface area contributed by atoms with Crippen LogP contribution in [0.1, 0.15) is 42.6 Å². The summed E-state index contributed by atoms with van der Waals surface area (Å²) in [6.45, 7) is 3.53. The van der Waals surface area contributed by atoms with E-state index < -0.39 is 35.9 Å².